The molecule has 2 N–H and O–H groups in total. The van der Waals surface area contributed by atoms with E-state index in [1.54, 1.807) is 24.3 Å². The minimum absolute atomic E-state index is 0.220. The van der Waals surface area contributed by atoms with Gasteiger partial charge in [0, 0.05) is 10.6 Å². The van der Waals surface area contributed by atoms with Crippen molar-refractivity contribution in [2.45, 2.75) is 0 Å². The van der Waals surface area contributed by atoms with Crippen LogP contribution in [0.5, 0.6) is 11.5 Å². The van der Waals surface area contributed by atoms with Crippen molar-refractivity contribution in [2.75, 3.05) is 19.5 Å². The van der Waals surface area contributed by atoms with Gasteiger partial charge in [-0.05, 0) is 36.4 Å². The molecule has 2 aromatic carbocycles. The van der Waals surface area contributed by atoms with E-state index in [-0.39, 0.29) is 10.7 Å². The average molecular weight is 396 g/mol. The van der Waals surface area contributed by atoms with Gasteiger partial charge >= 0.3 is 11.8 Å². The summed E-state index contributed by atoms with van der Waals surface area (Å²) in [4.78, 5) is 23.7. The van der Waals surface area contributed by atoms with Crippen LogP contribution in [0.3, 0.4) is 0 Å². The van der Waals surface area contributed by atoms with E-state index in [0.717, 1.165) is 0 Å². The third-order valence-electron chi connectivity index (χ3n) is 3.19. The van der Waals surface area contributed by atoms with Gasteiger partial charge in [-0.2, -0.15) is 5.10 Å². The lowest BCUT2D eigenvalue weighted by Gasteiger charge is -2.07. The minimum Gasteiger partial charge on any atom is -0.497 e. The summed E-state index contributed by atoms with van der Waals surface area (Å²) in [6, 6.07) is 9.57. The summed E-state index contributed by atoms with van der Waals surface area (Å²) in [6.45, 7) is 0. The highest BCUT2D eigenvalue weighted by Crippen LogP contribution is 2.25. The van der Waals surface area contributed by atoms with Crippen LogP contribution in [0.2, 0.25) is 10.0 Å². The van der Waals surface area contributed by atoms with Crippen LogP contribution in [-0.4, -0.2) is 32.2 Å². The molecule has 0 aliphatic heterocycles. The van der Waals surface area contributed by atoms with Crippen molar-refractivity contribution in [1.82, 2.24) is 5.43 Å². The number of benzene rings is 2. The molecule has 0 aromatic heterocycles. The van der Waals surface area contributed by atoms with Crippen molar-refractivity contribution in [3.8, 4) is 11.5 Å². The number of hydrogen-bond acceptors (Lipinski definition) is 5. The number of anilines is 1. The summed E-state index contributed by atoms with van der Waals surface area (Å²) in [5.41, 5.74) is 2.90. The van der Waals surface area contributed by atoms with Crippen molar-refractivity contribution < 1.29 is 19.1 Å². The molecule has 0 atom stereocenters. The number of carbonyl (C=O) groups is 2. The van der Waals surface area contributed by atoms with Gasteiger partial charge in [-0.3, -0.25) is 9.59 Å². The predicted molar refractivity (Wildman–Crippen MR) is 100 cm³/mol. The second-order valence-electron chi connectivity index (χ2n) is 4.89. The largest absolute Gasteiger partial charge is 0.497 e. The molecule has 2 rings (SSSR count). The maximum Gasteiger partial charge on any atom is 0.329 e. The summed E-state index contributed by atoms with van der Waals surface area (Å²) in [5.74, 6) is -0.797. The van der Waals surface area contributed by atoms with Crippen LogP contribution in [-0.2, 0) is 9.59 Å². The summed E-state index contributed by atoms with van der Waals surface area (Å²) in [6.07, 6.45) is 1.33. The Morgan fingerprint density at radius 3 is 2.50 bits per heavy atom. The third-order valence-corrected chi connectivity index (χ3v) is 3.75. The Balaban J connectivity index is 2.02. The van der Waals surface area contributed by atoms with Gasteiger partial charge in [-0.1, -0.05) is 23.2 Å². The summed E-state index contributed by atoms with van der Waals surface area (Å²) in [5, 5.41) is 6.72. The van der Waals surface area contributed by atoms with Gasteiger partial charge in [0.15, 0.2) is 0 Å². The molecule has 0 aliphatic carbocycles. The zero-order valence-corrected chi connectivity index (χ0v) is 15.4. The molecule has 0 heterocycles. The van der Waals surface area contributed by atoms with Crippen molar-refractivity contribution >= 4 is 46.9 Å². The van der Waals surface area contributed by atoms with E-state index in [2.05, 4.69) is 15.8 Å². The average Bonchev–Trinajstić information content (AvgIpc) is 2.64. The van der Waals surface area contributed by atoms with Gasteiger partial charge in [0.2, 0.25) is 0 Å². The fraction of sp³-hybridized carbons (Fsp3) is 0.118. The molecule has 0 fully saturated rings. The molecule has 0 unspecified atom stereocenters. The smallest absolute Gasteiger partial charge is 0.329 e. The maximum absolute atomic E-state index is 11.9. The Morgan fingerprint density at radius 2 is 1.81 bits per heavy atom. The van der Waals surface area contributed by atoms with Crippen LogP contribution in [0.4, 0.5) is 5.69 Å². The summed E-state index contributed by atoms with van der Waals surface area (Å²) < 4.78 is 10.3. The zero-order chi connectivity index (χ0) is 19.1. The number of hydrazone groups is 1. The van der Waals surface area contributed by atoms with Gasteiger partial charge in [0.1, 0.15) is 11.5 Å². The van der Waals surface area contributed by atoms with Gasteiger partial charge < -0.3 is 14.8 Å². The number of amides is 2. The molecule has 0 spiro atoms. The van der Waals surface area contributed by atoms with Crippen LogP contribution in [0, 0.1) is 0 Å². The Hall–Kier alpha value is -2.77. The van der Waals surface area contributed by atoms with Gasteiger partial charge in [-0.25, -0.2) is 5.43 Å². The lowest BCUT2D eigenvalue weighted by Crippen LogP contribution is -2.32. The van der Waals surface area contributed by atoms with E-state index >= 15 is 0 Å². The van der Waals surface area contributed by atoms with Crippen LogP contribution in [0.25, 0.3) is 0 Å². The minimum atomic E-state index is -0.973. The molecule has 26 heavy (non-hydrogen) atoms. The van der Waals surface area contributed by atoms with E-state index < -0.39 is 11.8 Å². The molecular weight excluding hydrogens is 381 g/mol. The highest BCUT2D eigenvalue weighted by Gasteiger charge is 2.15. The van der Waals surface area contributed by atoms with E-state index in [0.29, 0.717) is 22.1 Å². The van der Waals surface area contributed by atoms with Gasteiger partial charge in [0.05, 0.1) is 31.1 Å². The van der Waals surface area contributed by atoms with Crippen molar-refractivity contribution in [3.63, 3.8) is 0 Å². The molecular formula is C17H15Cl2N3O4. The first-order chi connectivity index (χ1) is 12.4. The number of rotatable bonds is 5. The molecule has 9 heteroatoms. The highest BCUT2D eigenvalue weighted by molar-refractivity contribution is 6.42. The van der Waals surface area contributed by atoms with E-state index in [9.17, 15) is 9.59 Å². The number of ether oxygens (including phenoxy) is 2. The maximum atomic E-state index is 11.9. The van der Waals surface area contributed by atoms with E-state index in [1.807, 2.05) is 0 Å². The molecule has 2 aromatic rings. The molecule has 0 saturated carbocycles. The highest BCUT2D eigenvalue weighted by atomic mass is 35.5. The Morgan fingerprint density at radius 1 is 1.04 bits per heavy atom. The first kappa shape index (κ1) is 19.6. The quantitative estimate of drug-likeness (QED) is 0.462. The monoisotopic (exact) mass is 395 g/mol. The SMILES string of the molecule is COc1ccc(OC)c(/C=N\NC(=O)C(=O)Nc2cc(Cl)ccc2Cl)c1. The second kappa shape index (κ2) is 9.07. The lowest BCUT2D eigenvalue weighted by atomic mass is 10.2. The molecule has 0 saturated heterocycles. The normalized spacial score (nSPS) is 10.5. The molecule has 0 bridgehead atoms. The Labute approximate surface area is 159 Å². The van der Waals surface area contributed by atoms with Crippen molar-refractivity contribution in [1.29, 1.82) is 0 Å². The predicted octanol–water partition coefficient (Wildman–Crippen LogP) is 3.10. The fourth-order valence-electron chi connectivity index (χ4n) is 1.92. The van der Waals surface area contributed by atoms with E-state index in [1.165, 1.54) is 32.6 Å². The van der Waals surface area contributed by atoms with Crippen LogP contribution < -0.4 is 20.2 Å². The molecule has 0 radical (unpaired) electrons. The number of methoxy groups -OCH3 is 2. The second-order valence-corrected chi connectivity index (χ2v) is 5.73. The summed E-state index contributed by atoms with van der Waals surface area (Å²) >= 11 is 11.8. The number of nitrogens with one attached hydrogen (secondary N) is 2. The van der Waals surface area contributed by atoms with Gasteiger partial charge in [-0.15, -0.1) is 0 Å². The standard InChI is InChI=1S/C17H15Cl2N3O4/c1-25-12-4-6-15(26-2)10(7-12)9-20-22-17(24)16(23)21-14-8-11(18)3-5-13(14)19/h3-9H,1-2H3,(H,21,23)(H,22,24)/b20-9-. The Bertz CT molecular complexity index is 856. The van der Waals surface area contributed by atoms with Gasteiger partial charge in [0.25, 0.3) is 0 Å². The third kappa shape index (κ3) is 5.11. The number of carbonyl (C=O) groups excluding carboxylic acids is 2. The molecule has 0 aliphatic rings. The van der Waals surface area contributed by atoms with E-state index in [4.69, 9.17) is 32.7 Å². The number of nitrogens with zero attached hydrogens (tertiary/aromatic N) is 1. The van der Waals surface area contributed by atoms with Crippen LogP contribution in [0.1, 0.15) is 5.56 Å². The number of hydrogen-bond donors (Lipinski definition) is 2. The van der Waals surface area contributed by atoms with Crippen molar-refractivity contribution in [2.24, 2.45) is 5.10 Å². The van der Waals surface area contributed by atoms with Crippen LogP contribution >= 0.6 is 23.2 Å². The topological polar surface area (TPSA) is 89.0 Å². The summed E-state index contributed by atoms with van der Waals surface area (Å²) in [7, 11) is 3.02. The van der Waals surface area contributed by atoms with Crippen LogP contribution in [0.15, 0.2) is 41.5 Å². The fourth-order valence-corrected chi connectivity index (χ4v) is 2.26. The molecule has 2 amide bonds. The first-order valence-corrected chi connectivity index (χ1v) is 8.01. The lowest BCUT2D eigenvalue weighted by molar-refractivity contribution is -0.136. The zero-order valence-electron chi connectivity index (χ0n) is 13.9. The molecule has 136 valence electrons. The van der Waals surface area contributed by atoms with Crippen molar-refractivity contribution in [3.05, 3.63) is 52.0 Å². The number of halogens is 2. The Kier molecular flexibility index (Phi) is 6.82. The molecule has 7 nitrogen and oxygen atoms in total. The first-order valence-electron chi connectivity index (χ1n) is 7.26.